The van der Waals surface area contributed by atoms with Gasteiger partial charge in [0.2, 0.25) is 0 Å². The zero-order valence-electron chi connectivity index (χ0n) is 16.6. The Morgan fingerprint density at radius 1 is 1.00 bits per heavy atom. The van der Waals surface area contributed by atoms with Crippen molar-refractivity contribution in [2.45, 2.75) is 78.2 Å². The lowest BCUT2D eigenvalue weighted by Crippen LogP contribution is -2.35. The van der Waals surface area contributed by atoms with Gasteiger partial charge in [-0.25, -0.2) is 0 Å². The first kappa shape index (κ1) is 17.7. The minimum Gasteiger partial charge on any atom is -0.364 e. The van der Waals surface area contributed by atoms with Crippen LogP contribution in [0.5, 0.6) is 0 Å². The van der Waals surface area contributed by atoms with Gasteiger partial charge in [0.05, 0.1) is 17.9 Å². The Labute approximate surface area is 157 Å². The predicted molar refractivity (Wildman–Crippen MR) is 104 cm³/mol. The van der Waals surface area contributed by atoms with Crippen LogP contribution < -0.4 is 0 Å². The number of hydrogen-bond acceptors (Lipinski definition) is 3. The Bertz CT molecular complexity index is 729. The van der Waals surface area contributed by atoms with Crippen molar-refractivity contribution in [3.8, 4) is 0 Å². The van der Waals surface area contributed by atoms with Gasteiger partial charge in [-0.3, -0.25) is 5.01 Å². The third-order valence-electron chi connectivity index (χ3n) is 6.10. The third kappa shape index (κ3) is 2.61. The molecule has 0 aromatic heterocycles. The van der Waals surface area contributed by atoms with Gasteiger partial charge < -0.3 is 4.74 Å². The summed E-state index contributed by atoms with van der Waals surface area (Å²) < 4.78 is 6.41. The molecule has 140 valence electrons. The van der Waals surface area contributed by atoms with E-state index in [1.807, 2.05) is 0 Å². The van der Waals surface area contributed by atoms with Crippen molar-refractivity contribution in [2.75, 3.05) is 0 Å². The Morgan fingerprint density at radius 3 is 2.19 bits per heavy atom. The first-order valence-electron chi connectivity index (χ1n) is 10.2. The Morgan fingerprint density at radius 2 is 1.62 bits per heavy atom. The molecule has 3 unspecified atom stereocenters. The lowest BCUT2D eigenvalue weighted by atomic mass is 9.61. The van der Waals surface area contributed by atoms with Gasteiger partial charge in [0.1, 0.15) is 0 Å². The van der Waals surface area contributed by atoms with Crippen molar-refractivity contribution in [2.24, 2.45) is 22.2 Å². The van der Waals surface area contributed by atoms with Crippen LogP contribution in [0.25, 0.3) is 0 Å². The smallest absolute Gasteiger partial charge is 0.0928 e. The fourth-order valence-electron chi connectivity index (χ4n) is 4.96. The van der Waals surface area contributed by atoms with Crippen LogP contribution in [-0.2, 0) is 4.74 Å². The van der Waals surface area contributed by atoms with Crippen molar-refractivity contribution in [1.82, 2.24) is 5.01 Å². The summed E-state index contributed by atoms with van der Waals surface area (Å²) in [6.07, 6.45) is 3.96. The molecular formula is C22H31N3O. The molecule has 4 heteroatoms. The van der Waals surface area contributed by atoms with Crippen LogP contribution in [0.1, 0.15) is 77.2 Å². The molecule has 26 heavy (non-hydrogen) atoms. The fraction of sp³-hybridized carbons (Fsp3) is 0.636. The largest absolute Gasteiger partial charge is 0.364 e. The second kappa shape index (κ2) is 6.80. The lowest BCUT2D eigenvalue weighted by Gasteiger charge is -2.41. The van der Waals surface area contributed by atoms with Gasteiger partial charge in [0.15, 0.2) is 0 Å². The maximum atomic E-state index is 6.41. The third-order valence-corrected chi connectivity index (χ3v) is 6.10. The van der Waals surface area contributed by atoms with Crippen LogP contribution in [0.15, 0.2) is 45.9 Å². The number of rotatable bonds is 7. The predicted octanol–water partition coefficient (Wildman–Crippen LogP) is 5.99. The second-order valence-corrected chi connectivity index (χ2v) is 8.43. The first-order chi connectivity index (χ1) is 12.5. The minimum atomic E-state index is 0.173. The SMILES string of the molecule is CCCCC1=C(N=NN(C(C)C)C(C)C)C2C3O[C@H](c4ccccc43)C12. The van der Waals surface area contributed by atoms with E-state index in [-0.39, 0.29) is 12.2 Å². The summed E-state index contributed by atoms with van der Waals surface area (Å²) in [5.41, 5.74) is 5.46. The monoisotopic (exact) mass is 353 g/mol. The molecule has 0 spiro atoms. The van der Waals surface area contributed by atoms with Gasteiger partial charge in [-0.15, -0.1) is 5.11 Å². The standard InChI is InChI=1S/C22H31N3O/c1-6-7-10-17-18-19(20(17)23-24-25(13(2)3)14(4)5)22-16-12-9-8-11-15(16)21(18)26-22/h8-9,11-14,18-19,21-22H,6-7,10H2,1-5H3/t18?,19?,21-,22?/m1/s1. The number of unbranched alkanes of at least 4 members (excludes halogenated alkanes) is 1. The first-order valence-corrected chi connectivity index (χ1v) is 10.2. The summed E-state index contributed by atoms with van der Waals surface area (Å²) in [7, 11) is 0. The zero-order valence-corrected chi connectivity index (χ0v) is 16.6. The van der Waals surface area contributed by atoms with Crippen molar-refractivity contribution in [1.29, 1.82) is 0 Å². The molecule has 0 saturated carbocycles. The maximum absolute atomic E-state index is 6.41. The summed E-state index contributed by atoms with van der Waals surface area (Å²) in [6, 6.07) is 9.43. The summed E-state index contributed by atoms with van der Waals surface area (Å²) in [5, 5.41) is 11.5. The van der Waals surface area contributed by atoms with Crippen LogP contribution in [0.3, 0.4) is 0 Å². The van der Waals surface area contributed by atoms with Gasteiger partial charge in [-0.2, -0.15) is 0 Å². The molecular weight excluding hydrogens is 322 g/mol. The van der Waals surface area contributed by atoms with Gasteiger partial charge in [0, 0.05) is 23.9 Å². The Kier molecular flexibility index (Phi) is 4.64. The molecule has 4 rings (SSSR count). The van der Waals surface area contributed by atoms with Crippen LogP contribution in [0, 0.1) is 11.8 Å². The molecule has 4 nitrogen and oxygen atoms in total. The van der Waals surface area contributed by atoms with E-state index < -0.39 is 0 Å². The Balaban J connectivity index is 1.64. The zero-order chi connectivity index (χ0) is 18.4. The average Bonchev–Trinajstić information content (AvgIpc) is 3.12. The summed E-state index contributed by atoms with van der Waals surface area (Å²) in [6.45, 7) is 10.9. The van der Waals surface area contributed by atoms with E-state index in [4.69, 9.17) is 9.85 Å². The van der Waals surface area contributed by atoms with Crippen LogP contribution in [0.2, 0.25) is 0 Å². The molecule has 0 amide bonds. The molecule has 1 aromatic rings. The molecule has 1 fully saturated rings. The molecule has 1 saturated heterocycles. The van der Waals surface area contributed by atoms with E-state index >= 15 is 0 Å². The van der Waals surface area contributed by atoms with E-state index in [0.717, 1.165) is 6.42 Å². The highest BCUT2D eigenvalue weighted by Gasteiger charge is 2.60. The maximum Gasteiger partial charge on any atom is 0.0928 e. The average molecular weight is 354 g/mol. The van der Waals surface area contributed by atoms with Crippen molar-refractivity contribution < 1.29 is 4.74 Å². The molecule has 2 aliphatic heterocycles. The molecule has 0 radical (unpaired) electrons. The number of nitrogens with zero attached hydrogens (tertiary/aromatic N) is 3. The fourth-order valence-corrected chi connectivity index (χ4v) is 4.96. The highest BCUT2D eigenvalue weighted by atomic mass is 16.5. The topological polar surface area (TPSA) is 37.2 Å². The summed E-state index contributed by atoms with van der Waals surface area (Å²) in [5.74, 6) is 0.911. The van der Waals surface area contributed by atoms with E-state index in [0.29, 0.717) is 23.9 Å². The number of benzene rings is 1. The quantitative estimate of drug-likeness (QED) is 0.446. The molecule has 2 heterocycles. The molecule has 3 aliphatic rings. The van der Waals surface area contributed by atoms with E-state index in [1.54, 1.807) is 0 Å². The van der Waals surface area contributed by atoms with Crippen LogP contribution >= 0.6 is 0 Å². The normalized spacial score (nSPS) is 28.9. The molecule has 2 bridgehead atoms. The van der Waals surface area contributed by atoms with Crippen molar-refractivity contribution >= 4 is 0 Å². The van der Waals surface area contributed by atoms with Crippen LogP contribution in [-0.4, -0.2) is 17.1 Å². The van der Waals surface area contributed by atoms with E-state index in [2.05, 4.69) is 69.1 Å². The van der Waals surface area contributed by atoms with Gasteiger partial charge >= 0.3 is 0 Å². The molecule has 1 aromatic carbocycles. The molecule has 4 atom stereocenters. The van der Waals surface area contributed by atoms with E-state index in [9.17, 15) is 0 Å². The Hall–Kier alpha value is -1.68. The molecule has 1 aliphatic carbocycles. The number of ether oxygens (including phenoxy) is 1. The van der Waals surface area contributed by atoms with Crippen LogP contribution in [0.4, 0.5) is 0 Å². The van der Waals surface area contributed by atoms with Gasteiger partial charge in [-0.1, -0.05) is 42.8 Å². The van der Waals surface area contributed by atoms with Crippen molar-refractivity contribution in [3.63, 3.8) is 0 Å². The minimum absolute atomic E-state index is 0.173. The van der Waals surface area contributed by atoms with E-state index in [1.165, 1.54) is 35.2 Å². The summed E-state index contributed by atoms with van der Waals surface area (Å²) >= 11 is 0. The lowest BCUT2D eigenvalue weighted by molar-refractivity contribution is 0.0611. The highest BCUT2D eigenvalue weighted by molar-refractivity contribution is 5.49. The highest BCUT2D eigenvalue weighted by Crippen LogP contribution is 2.67. The van der Waals surface area contributed by atoms with Gasteiger partial charge in [-0.05, 0) is 57.2 Å². The molecule has 0 N–H and O–H groups in total. The number of fused-ring (bicyclic) bond motifs is 8. The van der Waals surface area contributed by atoms with Crippen molar-refractivity contribution in [3.05, 3.63) is 46.7 Å². The summed E-state index contributed by atoms with van der Waals surface area (Å²) in [4.78, 5) is 0. The van der Waals surface area contributed by atoms with Gasteiger partial charge in [0.25, 0.3) is 0 Å². The number of hydrogen-bond donors (Lipinski definition) is 0. The second-order valence-electron chi connectivity index (χ2n) is 8.43.